The minimum Gasteiger partial charge on any atom is -0.398 e. The number of aryl methyl sites for hydroxylation is 2. The van der Waals surface area contributed by atoms with Crippen LogP contribution in [-0.4, -0.2) is 5.91 Å². The van der Waals surface area contributed by atoms with Gasteiger partial charge in [-0.15, -0.1) is 0 Å². The van der Waals surface area contributed by atoms with Crippen LogP contribution in [0.3, 0.4) is 0 Å². The molecule has 2 aromatic rings. The van der Waals surface area contributed by atoms with Gasteiger partial charge in [0.25, 0.3) is 0 Å². The standard InChI is InChI=1S/C16H17ClN2O/c1-11-2-4-12(5-3-11)6-9-16(20)19-13-7-8-15(18)14(17)10-13/h2-5,7-8,10H,6,9,18H2,1H3,(H,19,20). The van der Waals surface area contributed by atoms with Crippen molar-refractivity contribution in [2.24, 2.45) is 0 Å². The van der Waals surface area contributed by atoms with Gasteiger partial charge in [0.2, 0.25) is 5.91 Å². The molecule has 0 unspecified atom stereocenters. The molecule has 0 saturated carbocycles. The van der Waals surface area contributed by atoms with Crippen molar-refractivity contribution < 1.29 is 4.79 Å². The Hall–Kier alpha value is -2.00. The average molecular weight is 289 g/mol. The molecule has 0 atom stereocenters. The molecule has 0 heterocycles. The van der Waals surface area contributed by atoms with Crippen LogP contribution in [0.25, 0.3) is 0 Å². The van der Waals surface area contributed by atoms with Crippen LogP contribution in [0.2, 0.25) is 5.02 Å². The number of hydrogen-bond donors (Lipinski definition) is 2. The molecule has 104 valence electrons. The third-order valence-electron chi connectivity index (χ3n) is 3.05. The fourth-order valence-electron chi connectivity index (χ4n) is 1.84. The van der Waals surface area contributed by atoms with Gasteiger partial charge >= 0.3 is 0 Å². The van der Waals surface area contributed by atoms with E-state index in [2.05, 4.69) is 5.32 Å². The van der Waals surface area contributed by atoms with E-state index in [1.54, 1.807) is 18.2 Å². The van der Waals surface area contributed by atoms with Crippen LogP contribution in [0.1, 0.15) is 17.5 Å². The fourth-order valence-corrected chi connectivity index (χ4v) is 2.02. The zero-order valence-electron chi connectivity index (χ0n) is 11.3. The molecule has 1 amide bonds. The Labute approximate surface area is 123 Å². The van der Waals surface area contributed by atoms with Gasteiger partial charge in [0.05, 0.1) is 10.7 Å². The second-order valence-corrected chi connectivity index (χ2v) is 5.18. The van der Waals surface area contributed by atoms with Crippen molar-refractivity contribution in [1.82, 2.24) is 0 Å². The Kier molecular flexibility index (Phi) is 4.64. The minimum absolute atomic E-state index is 0.0357. The molecule has 4 heteroatoms. The summed E-state index contributed by atoms with van der Waals surface area (Å²) in [6.45, 7) is 2.04. The fraction of sp³-hybridized carbons (Fsp3) is 0.188. The van der Waals surface area contributed by atoms with Gasteiger partial charge in [0.1, 0.15) is 0 Å². The van der Waals surface area contributed by atoms with Gasteiger partial charge in [0, 0.05) is 12.1 Å². The molecular formula is C16H17ClN2O. The number of nitrogen functional groups attached to an aromatic ring is 1. The lowest BCUT2D eigenvalue weighted by Gasteiger charge is -2.07. The highest BCUT2D eigenvalue weighted by molar-refractivity contribution is 6.33. The highest BCUT2D eigenvalue weighted by Crippen LogP contribution is 2.22. The van der Waals surface area contributed by atoms with Gasteiger partial charge in [-0.25, -0.2) is 0 Å². The predicted molar refractivity (Wildman–Crippen MR) is 84.0 cm³/mol. The monoisotopic (exact) mass is 288 g/mol. The molecule has 3 nitrogen and oxygen atoms in total. The first kappa shape index (κ1) is 14.4. The lowest BCUT2D eigenvalue weighted by Crippen LogP contribution is -2.12. The summed E-state index contributed by atoms with van der Waals surface area (Å²) in [6, 6.07) is 13.3. The molecule has 3 N–H and O–H groups in total. The van der Waals surface area contributed by atoms with Crippen LogP contribution in [0.4, 0.5) is 11.4 Å². The van der Waals surface area contributed by atoms with Crippen LogP contribution >= 0.6 is 11.6 Å². The van der Waals surface area contributed by atoms with E-state index in [-0.39, 0.29) is 5.91 Å². The quantitative estimate of drug-likeness (QED) is 0.841. The molecule has 0 aromatic heterocycles. The maximum absolute atomic E-state index is 11.9. The maximum Gasteiger partial charge on any atom is 0.224 e. The Morgan fingerprint density at radius 3 is 2.55 bits per heavy atom. The number of nitrogens with one attached hydrogen (secondary N) is 1. The Bertz CT molecular complexity index is 608. The molecule has 0 fully saturated rings. The molecule has 2 aromatic carbocycles. The van der Waals surface area contributed by atoms with E-state index in [0.717, 1.165) is 12.0 Å². The Balaban J connectivity index is 1.89. The van der Waals surface area contributed by atoms with Crippen molar-refractivity contribution in [3.05, 3.63) is 58.6 Å². The van der Waals surface area contributed by atoms with Gasteiger partial charge < -0.3 is 11.1 Å². The number of nitrogens with two attached hydrogens (primary N) is 1. The van der Waals surface area contributed by atoms with Gasteiger partial charge in [-0.2, -0.15) is 0 Å². The molecule has 0 aliphatic heterocycles. The predicted octanol–water partition coefficient (Wildman–Crippen LogP) is 3.80. The molecule has 0 spiro atoms. The van der Waals surface area contributed by atoms with E-state index in [1.807, 2.05) is 31.2 Å². The number of halogens is 1. The average Bonchev–Trinajstić information content (AvgIpc) is 2.42. The third kappa shape index (κ3) is 4.00. The Morgan fingerprint density at radius 1 is 1.20 bits per heavy atom. The van der Waals surface area contributed by atoms with Crippen LogP contribution < -0.4 is 11.1 Å². The smallest absolute Gasteiger partial charge is 0.224 e. The topological polar surface area (TPSA) is 55.1 Å². The molecule has 0 saturated heterocycles. The zero-order valence-corrected chi connectivity index (χ0v) is 12.1. The van der Waals surface area contributed by atoms with Gasteiger partial charge in [-0.05, 0) is 37.1 Å². The lowest BCUT2D eigenvalue weighted by molar-refractivity contribution is -0.116. The zero-order chi connectivity index (χ0) is 14.5. The first-order valence-electron chi connectivity index (χ1n) is 6.45. The molecule has 0 aliphatic rings. The van der Waals surface area contributed by atoms with E-state index >= 15 is 0 Å². The number of amides is 1. The SMILES string of the molecule is Cc1ccc(CCC(=O)Nc2ccc(N)c(Cl)c2)cc1. The van der Waals surface area contributed by atoms with E-state index in [4.69, 9.17) is 17.3 Å². The molecular weight excluding hydrogens is 272 g/mol. The van der Waals surface area contributed by atoms with E-state index in [9.17, 15) is 4.79 Å². The number of hydrogen-bond acceptors (Lipinski definition) is 2. The van der Waals surface area contributed by atoms with Crippen LogP contribution in [0, 0.1) is 6.92 Å². The maximum atomic E-state index is 11.9. The van der Waals surface area contributed by atoms with Crippen molar-refractivity contribution in [2.75, 3.05) is 11.1 Å². The first-order valence-corrected chi connectivity index (χ1v) is 6.83. The second kappa shape index (κ2) is 6.44. The largest absolute Gasteiger partial charge is 0.398 e. The summed E-state index contributed by atoms with van der Waals surface area (Å²) < 4.78 is 0. The van der Waals surface area contributed by atoms with Gasteiger partial charge in [0.15, 0.2) is 0 Å². The summed E-state index contributed by atoms with van der Waals surface area (Å²) in [6.07, 6.45) is 1.15. The highest BCUT2D eigenvalue weighted by atomic mass is 35.5. The molecule has 20 heavy (non-hydrogen) atoms. The van der Waals surface area contributed by atoms with Gasteiger partial charge in [-0.1, -0.05) is 41.4 Å². The van der Waals surface area contributed by atoms with Crippen LogP contribution in [0.5, 0.6) is 0 Å². The number of rotatable bonds is 4. The number of anilines is 2. The van der Waals surface area contributed by atoms with Gasteiger partial charge in [-0.3, -0.25) is 4.79 Å². The minimum atomic E-state index is -0.0357. The molecule has 0 aliphatic carbocycles. The number of benzene rings is 2. The van der Waals surface area contributed by atoms with E-state index in [0.29, 0.717) is 22.8 Å². The highest BCUT2D eigenvalue weighted by Gasteiger charge is 2.05. The second-order valence-electron chi connectivity index (χ2n) is 4.77. The van der Waals surface area contributed by atoms with E-state index < -0.39 is 0 Å². The van der Waals surface area contributed by atoms with Crippen molar-refractivity contribution in [3.8, 4) is 0 Å². The third-order valence-corrected chi connectivity index (χ3v) is 3.37. The molecule has 0 bridgehead atoms. The molecule has 0 radical (unpaired) electrons. The van der Waals surface area contributed by atoms with Crippen LogP contribution in [0.15, 0.2) is 42.5 Å². The summed E-state index contributed by atoms with van der Waals surface area (Å²) in [4.78, 5) is 11.9. The first-order chi connectivity index (χ1) is 9.54. The normalized spacial score (nSPS) is 10.3. The number of carbonyl (C=O) groups is 1. The van der Waals surface area contributed by atoms with Crippen LogP contribution in [-0.2, 0) is 11.2 Å². The molecule has 2 rings (SSSR count). The summed E-state index contributed by atoms with van der Waals surface area (Å²) in [5.74, 6) is -0.0357. The summed E-state index contributed by atoms with van der Waals surface area (Å²) in [5, 5.41) is 3.26. The van der Waals surface area contributed by atoms with Crippen molar-refractivity contribution in [3.63, 3.8) is 0 Å². The van der Waals surface area contributed by atoms with Crippen molar-refractivity contribution in [2.45, 2.75) is 19.8 Å². The van der Waals surface area contributed by atoms with E-state index in [1.165, 1.54) is 5.56 Å². The summed E-state index contributed by atoms with van der Waals surface area (Å²) in [5.41, 5.74) is 9.16. The van der Waals surface area contributed by atoms with Crippen molar-refractivity contribution >= 4 is 28.9 Å². The Morgan fingerprint density at radius 2 is 1.90 bits per heavy atom. The summed E-state index contributed by atoms with van der Waals surface area (Å²) >= 11 is 5.91. The lowest BCUT2D eigenvalue weighted by atomic mass is 10.1. The summed E-state index contributed by atoms with van der Waals surface area (Å²) in [7, 11) is 0. The van der Waals surface area contributed by atoms with Crippen molar-refractivity contribution in [1.29, 1.82) is 0 Å². The number of carbonyl (C=O) groups excluding carboxylic acids is 1.